The highest BCUT2D eigenvalue weighted by Gasteiger charge is 2.07. The minimum absolute atomic E-state index is 0.114. The van der Waals surface area contributed by atoms with Gasteiger partial charge in [0.2, 0.25) is 5.91 Å². The molecule has 1 amide bonds. The summed E-state index contributed by atoms with van der Waals surface area (Å²) in [5.41, 5.74) is 0. The molecule has 3 heteroatoms. The second kappa shape index (κ2) is 38.4. The zero-order valence-electron chi connectivity index (χ0n) is 30.3. The Morgan fingerprint density at radius 1 is 0.477 bits per heavy atom. The third kappa shape index (κ3) is 37.4. The summed E-state index contributed by atoms with van der Waals surface area (Å²) in [6.07, 6.45) is 48.6. The van der Waals surface area contributed by atoms with Gasteiger partial charge in [-0.3, -0.25) is 4.79 Å². The smallest absolute Gasteiger partial charge is 0.220 e. The summed E-state index contributed by atoms with van der Waals surface area (Å²) in [6, 6.07) is 0. The molecule has 44 heavy (non-hydrogen) atoms. The fourth-order valence-corrected chi connectivity index (χ4v) is 6.24. The highest BCUT2D eigenvalue weighted by molar-refractivity contribution is 5.75. The molecule has 0 aromatic rings. The zero-order valence-corrected chi connectivity index (χ0v) is 30.3. The Bertz CT molecular complexity index is 575. The van der Waals surface area contributed by atoms with Crippen LogP contribution in [0, 0.1) is 0 Å². The van der Waals surface area contributed by atoms with Crippen molar-refractivity contribution in [2.24, 2.45) is 0 Å². The first-order valence-corrected chi connectivity index (χ1v) is 20.3. The van der Waals surface area contributed by atoms with Crippen LogP contribution in [0.5, 0.6) is 0 Å². The maximum atomic E-state index is 12.1. The molecule has 0 saturated carbocycles. The fourth-order valence-electron chi connectivity index (χ4n) is 6.24. The number of allylic oxidation sites excluding steroid dienone is 2. The summed E-state index contributed by atoms with van der Waals surface area (Å²) < 4.78 is 0. The molecular weight excluding hydrogens is 538 g/mol. The van der Waals surface area contributed by atoms with Crippen LogP contribution < -0.4 is 5.32 Å². The Hall–Kier alpha value is -0.830. The van der Waals surface area contributed by atoms with Crippen LogP contribution in [0.3, 0.4) is 0 Å². The van der Waals surface area contributed by atoms with Crippen molar-refractivity contribution in [1.29, 1.82) is 0 Å². The molecule has 0 heterocycles. The normalized spacial score (nSPS) is 12.3. The number of carbonyl (C=O) groups is 1. The van der Waals surface area contributed by atoms with Crippen LogP contribution >= 0.6 is 0 Å². The molecule has 1 atom stereocenters. The Balaban J connectivity index is 3.28. The first-order valence-electron chi connectivity index (χ1n) is 20.3. The van der Waals surface area contributed by atoms with Gasteiger partial charge in [-0.25, -0.2) is 0 Å². The Morgan fingerprint density at radius 3 is 1.18 bits per heavy atom. The summed E-state index contributed by atoms with van der Waals surface area (Å²) in [4.78, 5) is 12.1. The Labute approximate surface area is 277 Å². The van der Waals surface area contributed by atoms with E-state index in [2.05, 4.69) is 31.3 Å². The summed E-state index contributed by atoms with van der Waals surface area (Å²) in [5.74, 6) is 0.114. The van der Waals surface area contributed by atoms with E-state index in [1.165, 1.54) is 186 Å². The molecule has 262 valence electrons. The maximum Gasteiger partial charge on any atom is 0.220 e. The topological polar surface area (TPSA) is 49.3 Å². The lowest BCUT2D eigenvalue weighted by Crippen LogP contribution is -2.31. The van der Waals surface area contributed by atoms with Crippen molar-refractivity contribution < 1.29 is 9.90 Å². The van der Waals surface area contributed by atoms with E-state index in [-0.39, 0.29) is 12.0 Å². The molecule has 0 saturated heterocycles. The molecule has 0 bridgehead atoms. The second-order valence-corrected chi connectivity index (χ2v) is 13.9. The van der Waals surface area contributed by atoms with Crippen LogP contribution in [-0.2, 0) is 4.79 Å². The van der Waals surface area contributed by atoms with Gasteiger partial charge < -0.3 is 10.4 Å². The van der Waals surface area contributed by atoms with Crippen LogP contribution in [-0.4, -0.2) is 23.7 Å². The van der Waals surface area contributed by atoms with Crippen LogP contribution in [0.1, 0.15) is 232 Å². The average molecular weight is 620 g/mol. The maximum absolute atomic E-state index is 12.1. The lowest BCUT2D eigenvalue weighted by molar-refractivity contribution is -0.121. The molecule has 0 aliphatic carbocycles. The molecule has 0 aliphatic heterocycles. The van der Waals surface area contributed by atoms with Crippen LogP contribution in [0.4, 0.5) is 0 Å². The monoisotopic (exact) mass is 620 g/mol. The Kier molecular flexibility index (Phi) is 37.6. The van der Waals surface area contributed by atoms with Crippen molar-refractivity contribution in [2.75, 3.05) is 6.54 Å². The Morgan fingerprint density at radius 2 is 0.795 bits per heavy atom. The summed E-state index contributed by atoms with van der Waals surface area (Å²) in [6.45, 7) is 4.99. The first-order chi connectivity index (χ1) is 21.7. The molecule has 0 aromatic heterocycles. The summed E-state index contributed by atoms with van der Waals surface area (Å²) in [7, 11) is 0. The molecule has 2 N–H and O–H groups in total. The van der Waals surface area contributed by atoms with Crippen molar-refractivity contribution in [2.45, 2.75) is 238 Å². The fraction of sp³-hybridized carbons (Fsp3) is 0.927. The van der Waals surface area contributed by atoms with Crippen LogP contribution in [0.2, 0.25) is 0 Å². The van der Waals surface area contributed by atoms with E-state index in [9.17, 15) is 9.90 Å². The third-order valence-electron chi connectivity index (χ3n) is 9.34. The van der Waals surface area contributed by atoms with E-state index in [0.717, 1.165) is 25.7 Å². The van der Waals surface area contributed by atoms with Gasteiger partial charge in [0.15, 0.2) is 0 Å². The number of hydrogen-bond donors (Lipinski definition) is 2. The van der Waals surface area contributed by atoms with Gasteiger partial charge >= 0.3 is 0 Å². The highest BCUT2D eigenvalue weighted by atomic mass is 16.3. The molecule has 0 fully saturated rings. The van der Waals surface area contributed by atoms with Gasteiger partial charge in [0.05, 0.1) is 6.10 Å². The number of unbranched alkanes of at least 4 members (excludes halogenated alkanes) is 29. The average Bonchev–Trinajstić information content (AvgIpc) is 3.03. The zero-order chi connectivity index (χ0) is 32.0. The number of aliphatic hydroxyl groups excluding tert-OH is 1. The number of aliphatic hydroxyl groups is 1. The van der Waals surface area contributed by atoms with Crippen molar-refractivity contribution in [3.63, 3.8) is 0 Å². The van der Waals surface area contributed by atoms with E-state index in [1.807, 2.05) is 0 Å². The van der Waals surface area contributed by atoms with Gasteiger partial charge in [-0.1, -0.05) is 199 Å². The van der Waals surface area contributed by atoms with Crippen molar-refractivity contribution in [3.8, 4) is 0 Å². The van der Waals surface area contributed by atoms with Gasteiger partial charge in [-0.15, -0.1) is 0 Å². The van der Waals surface area contributed by atoms with Crippen molar-refractivity contribution in [3.05, 3.63) is 12.2 Å². The lowest BCUT2D eigenvalue weighted by Gasteiger charge is -2.12. The predicted molar refractivity (Wildman–Crippen MR) is 196 cm³/mol. The van der Waals surface area contributed by atoms with E-state index in [0.29, 0.717) is 13.0 Å². The summed E-state index contributed by atoms with van der Waals surface area (Å²) >= 11 is 0. The van der Waals surface area contributed by atoms with E-state index >= 15 is 0 Å². The number of rotatable bonds is 37. The van der Waals surface area contributed by atoms with Crippen molar-refractivity contribution >= 4 is 5.91 Å². The van der Waals surface area contributed by atoms with Crippen LogP contribution in [0.25, 0.3) is 0 Å². The van der Waals surface area contributed by atoms with Gasteiger partial charge in [0.25, 0.3) is 0 Å². The van der Waals surface area contributed by atoms with Gasteiger partial charge in [0.1, 0.15) is 0 Å². The minimum Gasteiger partial charge on any atom is -0.391 e. The minimum atomic E-state index is -0.386. The predicted octanol–water partition coefficient (Wildman–Crippen LogP) is 13.3. The first kappa shape index (κ1) is 43.2. The molecule has 0 unspecified atom stereocenters. The number of nitrogens with one attached hydrogen (secondary N) is 1. The molecular formula is C41H81NO2. The molecule has 0 aliphatic rings. The third-order valence-corrected chi connectivity index (χ3v) is 9.34. The van der Waals surface area contributed by atoms with Crippen molar-refractivity contribution in [1.82, 2.24) is 5.32 Å². The molecule has 3 nitrogen and oxygen atoms in total. The lowest BCUT2D eigenvalue weighted by atomic mass is 10.0. The van der Waals surface area contributed by atoms with Gasteiger partial charge in [0, 0.05) is 13.0 Å². The van der Waals surface area contributed by atoms with Gasteiger partial charge in [-0.2, -0.15) is 0 Å². The SMILES string of the molecule is CCCCCCCC/C=C\CCCCCCCCCCCCCC(=O)NC[C@H](O)CCCCCCCCCCCCCCC. The number of amides is 1. The molecule has 0 rings (SSSR count). The van der Waals surface area contributed by atoms with Gasteiger partial charge in [-0.05, 0) is 38.5 Å². The van der Waals surface area contributed by atoms with E-state index in [1.54, 1.807) is 0 Å². The molecule has 0 radical (unpaired) electrons. The number of carbonyl (C=O) groups excluding carboxylic acids is 1. The quantitative estimate of drug-likeness (QED) is 0.0537. The van der Waals surface area contributed by atoms with E-state index < -0.39 is 0 Å². The highest BCUT2D eigenvalue weighted by Crippen LogP contribution is 2.15. The largest absolute Gasteiger partial charge is 0.391 e. The molecule has 0 aromatic carbocycles. The summed E-state index contributed by atoms with van der Waals surface area (Å²) in [5, 5.41) is 13.2. The second-order valence-electron chi connectivity index (χ2n) is 13.9. The van der Waals surface area contributed by atoms with E-state index in [4.69, 9.17) is 0 Å². The number of hydrogen-bond acceptors (Lipinski definition) is 2. The molecule has 0 spiro atoms. The standard InChI is InChI=1S/C41H81NO2/c1-3-5-7-9-11-13-15-17-18-19-20-21-22-23-24-26-28-30-32-34-36-38-41(44)42-39-40(43)37-35-33-31-29-27-25-16-14-12-10-8-6-4-2/h17-18,40,43H,3-16,19-39H2,1-2H3,(H,42,44)/b18-17-/t40-/m1/s1. The van der Waals surface area contributed by atoms with Crippen LogP contribution in [0.15, 0.2) is 12.2 Å².